The van der Waals surface area contributed by atoms with E-state index in [1.807, 2.05) is 0 Å². The van der Waals surface area contributed by atoms with Crippen molar-refractivity contribution in [1.29, 1.82) is 0 Å². The van der Waals surface area contributed by atoms with Gasteiger partial charge in [-0.3, -0.25) is 9.59 Å². The predicted molar refractivity (Wildman–Crippen MR) is 74.1 cm³/mol. The van der Waals surface area contributed by atoms with Gasteiger partial charge in [0.25, 0.3) is 0 Å². The Labute approximate surface area is 119 Å². The zero-order valence-corrected chi connectivity index (χ0v) is 12.0. The quantitative estimate of drug-likeness (QED) is 0.621. The van der Waals surface area contributed by atoms with Gasteiger partial charge in [0.05, 0.1) is 6.54 Å². The van der Waals surface area contributed by atoms with Crippen LogP contribution in [0.3, 0.4) is 0 Å². The van der Waals surface area contributed by atoms with Crippen LogP contribution in [-0.4, -0.2) is 35.5 Å². The molecule has 20 heavy (non-hydrogen) atoms. The van der Waals surface area contributed by atoms with E-state index in [2.05, 4.69) is 10.6 Å². The van der Waals surface area contributed by atoms with Gasteiger partial charge in [-0.15, -0.1) is 0 Å². The maximum absolute atomic E-state index is 11.6. The van der Waals surface area contributed by atoms with Crippen LogP contribution in [0.2, 0.25) is 0 Å². The number of nitrogens with one attached hydrogen (secondary N) is 2. The van der Waals surface area contributed by atoms with E-state index in [1.54, 1.807) is 6.92 Å². The predicted octanol–water partition coefficient (Wildman–Crippen LogP) is 1.05. The minimum absolute atomic E-state index is 0.143. The Morgan fingerprint density at radius 2 is 1.85 bits per heavy atom. The van der Waals surface area contributed by atoms with Crippen LogP contribution < -0.4 is 10.6 Å². The summed E-state index contributed by atoms with van der Waals surface area (Å²) in [5.41, 5.74) is 0. The van der Waals surface area contributed by atoms with Gasteiger partial charge < -0.3 is 15.7 Å². The van der Waals surface area contributed by atoms with Gasteiger partial charge in [0.15, 0.2) is 0 Å². The maximum atomic E-state index is 11.6. The summed E-state index contributed by atoms with van der Waals surface area (Å²) in [4.78, 5) is 33.8. The van der Waals surface area contributed by atoms with E-state index < -0.39 is 17.9 Å². The smallest absolute Gasteiger partial charge is 0.326 e. The van der Waals surface area contributed by atoms with Crippen LogP contribution in [-0.2, 0) is 14.4 Å². The molecule has 2 amide bonds. The highest BCUT2D eigenvalue weighted by Gasteiger charge is 2.18. The number of aliphatic carboxylic acids is 1. The Morgan fingerprint density at radius 1 is 1.20 bits per heavy atom. The Balaban J connectivity index is 2.16. The molecule has 6 heteroatoms. The summed E-state index contributed by atoms with van der Waals surface area (Å²) in [6.07, 6.45) is 6.53. The molecular weight excluding hydrogens is 260 g/mol. The molecule has 3 N–H and O–H groups in total. The Hall–Kier alpha value is -1.59. The van der Waals surface area contributed by atoms with Crippen LogP contribution >= 0.6 is 0 Å². The fraction of sp³-hybridized carbons (Fsp3) is 0.786. The van der Waals surface area contributed by atoms with Crippen LogP contribution in [0, 0.1) is 5.92 Å². The molecule has 0 radical (unpaired) electrons. The summed E-state index contributed by atoms with van der Waals surface area (Å²) >= 11 is 0. The Kier molecular flexibility index (Phi) is 7.04. The number of hydrogen-bond acceptors (Lipinski definition) is 3. The molecule has 114 valence electrons. The van der Waals surface area contributed by atoms with Crippen molar-refractivity contribution in [2.45, 2.75) is 57.9 Å². The average molecular weight is 284 g/mol. The second-order valence-corrected chi connectivity index (χ2v) is 5.33. The topological polar surface area (TPSA) is 95.5 Å². The highest BCUT2D eigenvalue weighted by Crippen LogP contribution is 2.28. The number of carboxylic acid groups (broad SMARTS) is 1. The molecule has 1 atom stereocenters. The largest absolute Gasteiger partial charge is 0.480 e. The van der Waals surface area contributed by atoms with Crippen LogP contribution in [0.5, 0.6) is 0 Å². The Bertz CT molecular complexity index is 351. The van der Waals surface area contributed by atoms with Gasteiger partial charge >= 0.3 is 5.97 Å². The van der Waals surface area contributed by atoms with Crippen molar-refractivity contribution in [2.24, 2.45) is 5.92 Å². The van der Waals surface area contributed by atoms with Crippen molar-refractivity contribution in [3.05, 3.63) is 0 Å². The molecule has 0 heterocycles. The summed E-state index contributed by atoms with van der Waals surface area (Å²) in [5.74, 6) is -1.02. The zero-order valence-electron chi connectivity index (χ0n) is 12.0. The number of carboxylic acids is 1. The van der Waals surface area contributed by atoms with Crippen LogP contribution in [0.1, 0.15) is 51.9 Å². The van der Waals surface area contributed by atoms with E-state index in [4.69, 9.17) is 5.11 Å². The standard InChI is InChI=1S/C14H24N2O4/c1-2-11(14(19)20)16-13(18)9-15-12(17)8-7-10-5-3-4-6-10/h10-11H,2-9H2,1H3,(H,15,17)(H,16,18)(H,19,20). The molecule has 1 unspecified atom stereocenters. The first-order valence-electron chi connectivity index (χ1n) is 7.31. The second kappa shape index (κ2) is 8.55. The molecule has 0 spiro atoms. The number of amides is 2. The highest BCUT2D eigenvalue weighted by atomic mass is 16.4. The second-order valence-electron chi connectivity index (χ2n) is 5.33. The normalized spacial score (nSPS) is 16.6. The molecule has 1 aliphatic rings. The van der Waals surface area contributed by atoms with Crippen LogP contribution in [0.25, 0.3) is 0 Å². The molecule has 0 bridgehead atoms. The van der Waals surface area contributed by atoms with Gasteiger partial charge in [0, 0.05) is 6.42 Å². The first kappa shape index (κ1) is 16.5. The summed E-state index contributed by atoms with van der Waals surface area (Å²) < 4.78 is 0. The lowest BCUT2D eigenvalue weighted by molar-refractivity contribution is -0.141. The van der Waals surface area contributed by atoms with Gasteiger partial charge in [-0.2, -0.15) is 0 Å². The lowest BCUT2D eigenvalue weighted by Gasteiger charge is -2.13. The molecule has 1 saturated carbocycles. The minimum atomic E-state index is -1.06. The highest BCUT2D eigenvalue weighted by molar-refractivity contribution is 5.87. The van der Waals surface area contributed by atoms with E-state index in [9.17, 15) is 14.4 Å². The fourth-order valence-corrected chi connectivity index (χ4v) is 2.49. The van der Waals surface area contributed by atoms with Crippen molar-refractivity contribution in [3.8, 4) is 0 Å². The monoisotopic (exact) mass is 284 g/mol. The molecule has 0 aromatic rings. The van der Waals surface area contributed by atoms with E-state index in [0.717, 1.165) is 6.42 Å². The third-order valence-electron chi connectivity index (χ3n) is 3.74. The number of hydrogen-bond donors (Lipinski definition) is 3. The number of rotatable bonds is 8. The van der Waals surface area contributed by atoms with Gasteiger partial charge in [-0.1, -0.05) is 32.6 Å². The molecule has 1 rings (SSSR count). The lowest BCUT2D eigenvalue weighted by Crippen LogP contribution is -2.45. The summed E-state index contributed by atoms with van der Waals surface area (Å²) in [5, 5.41) is 13.7. The van der Waals surface area contributed by atoms with Crippen molar-refractivity contribution in [2.75, 3.05) is 6.54 Å². The Morgan fingerprint density at radius 3 is 2.40 bits per heavy atom. The lowest BCUT2D eigenvalue weighted by atomic mass is 10.0. The number of carbonyl (C=O) groups is 3. The molecule has 0 aromatic heterocycles. The average Bonchev–Trinajstić information content (AvgIpc) is 2.93. The zero-order chi connectivity index (χ0) is 15.0. The van der Waals surface area contributed by atoms with Gasteiger partial charge in [0.2, 0.25) is 11.8 Å². The summed E-state index contributed by atoms with van der Waals surface area (Å²) in [7, 11) is 0. The SMILES string of the molecule is CCC(NC(=O)CNC(=O)CCC1CCCC1)C(=O)O. The van der Waals surface area contributed by atoms with Crippen molar-refractivity contribution in [1.82, 2.24) is 10.6 Å². The van der Waals surface area contributed by atoms with Gasteiger partial charge in [-0.05, 0) is 18.8 Å². The molecule has 1 aliphatic carbocycles. The first-order chi connectivity index (χ1) is 9.52. The molecule has 0 aliphatic heterocycles. The van der Waals surface area contributed by atoms with E-state index in [1.165, 1.54) is 25.7 Å². The summed E-state index contributed by atoms with van der Waals surface area (Å²) in [6, 6.07) is -0.891. The molecular formula is C14H24N2O4. The maximum Gasteiger partial charge on any atom is 0.326 e. The minimum Gasteiger partial charge on any atom is -0.480 e. The molecule has 1 fully saturated rings. The van der Waals surface area contributed by atoms with Crippen molar-refractivity contribution in [3.63, 3.8) is 0 Å². The number of carbonyl (C=O) groups excluding carboxylic acids is 2. The molecule has 0 aromatic carbocycles. The summed E-state index contributed by atoms with van der Waals surface area (Å²) in [6.45, 7) is 1.52. The van der Waals surface area contributed by atoms with E-state index in [0.29, 0.717) is 18.8 Å². The van der Waals surface area contributed by atoms with Crippen LogP contribution in [0.4, 0.5) is 0 Å². The van der Waals surface area contributed by atoms with E-state index >= 15 is 0 Å². The van der Waals surface area contributed by atoms with Crippen molar-refractivity contribution < 1.29 is 19.5 Å². The fourth-order valence-electron chi connectivity index (χ4n) is 2.49. The van der Waals surface area contributed by atoms with Crippen LogP contribution in [0.15, 0.2) is 0 Å². The molecule has 0 saturated heterocycles. The van der Waals surface area contributed by atoms with Gasteiger partial charge in [0.1, 0.15) is 6.04 Å². The first-order valence-corrected chi connectivity index (χ1v) is 7.31. The van der Waals surface area contributed by atoms with E-state index in [-0.39, 0.29) is 12.5 Å². The third kappa shape index (κ3) is 6.04. The van der Waals surface area contributed by atoms with Crippen molar-refractivity contribution >= 4 is 17.8 Å². The van der Waals surface area contributed by atoms with Gasteiger partial charge in [-0.25, -0.2) is 4.79 Å². The molecule has 6 nitrogen and oxygen atoms in total. The third-order valence-corrected chi connectivity index (χ3v) is 3.74.